The van der Waals surface area contributed by atoms with Gasteiger partial charge in [0.2, 0.25) is 0 Å². The summed E-state index contributed by atoms with van der Waals surface area (Å²) >= 11 is 0. The minimum atomic E-state index is 0.693. The Morgan fingerprint density at radius 2 is 1.80 bits per heavy atom. The molecule has 7 nitrogen and oxygen atoms in total. The second-order valence-electron chi connectivity index (χ2n) is 7.65. The summed E-state index contributed by atoms with van der Waals surface area (Å²) in [6.07, 6.45) is 7.87. The topological polar surface area (TPSA) is 72.6 Å². The first-order chi connectivity index (χ1) is 14.7. The molecule has 0 saturated carbocycles. The van der Waals surface area contributed by atoms with Crippen LogP contribution in [0.1, 0.15) is 28.2 Å². The second-order valence-corrected chi connectivity index (χ2v) is 7.65. The number of benzene rings is 1. The van der Waals surface area contributed by atoms with Crippen molar-refractivity contribution in [2.24, 2.45) is 0 Å². The van der Waals surface area contributed by atoms with Crippen molar-refractivity contribution in [3.05, 3.63) is 83.5 Å². The van der Waals surface area contributed by atoms with Crippen LogP contribution in [0.15, 0.2) is 55.2 Å². The quantitative estimate of drug-likeness (QED) is 0.526. The number of nitrogens with zero attached hydrogens (tertiary/aromatic N) is 7. The van der Waals surface area contributed by atoms with Gasteiger partial charge < -0.3 is 0 Å². The average molecular weight is 397 g/mol. The van der Waals surface area contributed by atoms with Crippen molar-refractivity contribution in [3.63, 3.8) is 0 Å². The highest BCUT2D eigenvalue weighted by molar-refractivity contribution is 5.52. The third kappa shape index (κ3) is 3.48. The van der Waals surface area contributed by atoms with E-state index in [4.69, 9.17) is 10.1 Å². The zero-order valence-electron chi connectivity index (χ0n) is 17.2. The summed E-state index contributed by atoms with van der Waals surface area (Å²) in [5.74, 6) is 0.693. The summed E-state index contributed by atoms with van der Waals surface area (Å²) in [4.78, 5) is 19.9. The maximum absolute atomic E-state index is 4.79. The van der Waals surface area contributed by atoms with Crippen LogP contribution in [-0.4, -0.2) is 41.2 Å². The van der Waals surface area contributed by atoms with Crippen molar-refractivity contribution in [2.45, 2.75) is 33.4 Å². The molecule has 7 heteroatoms. The lowest BCUT2D eigenvalue weighted by atomic mass is 10.1. The van der Waals surface area contributed by atoms with Crippen LogP contribution in [0, 0.1) is 13.8 Å². The van der Waals surface area contributed by atoms with Gasteiger partial charge in [-0.1, -0.05) is 18.2 Å². The fourth-order valence-corrected chi connectivity index (χ4v) is 4.01. The minimum absolute atomic E-state index is 0.693. The van der Waals surface area contributed by atoms with Crippen LogP contribution in [-0.2, 0) is 19.5 Å². The van der Waals surface area contributed by atoms with Gasteiger partial charge >= 0.3 is 0 Å². The van der Waals surface area contributed by atoms with Crippen molar-refractivity contribution >= 4 is 0 Å². The molecule has 1 aliphatic heterocycles. The van der Waals surface area contributed by atoms with Crippen LogP contribution in [0.2, 0.25) is 0 Å². The van der Waals surface area contributed by atoms with Gasteiger partial charge in [0, 0.05) is 61.5 Å². The molecule has 4 heterocycles. The number of aryl methyl sites for hydroxylation is 1. The summed E-state index contributed by atoms with van der Waals surface area (Å²) in [6, 6.07) is 10.3. The molecular weight excluding hydrogens is 374 g/mol. The van der Waals surface area contributed by atoms with Crippen molar-refractivity contribution < 1.29 is 0 Å². The van der Waals surface area contributed by atoms with Gasteiger partial charge in [0.05, 0.1) is 22.6 Å². The molecule has 1 aromatic carbocycles. The Hall–Kier alpha value is -3.45. The normalized spacial score (nSPS) is 13.9. The molecule has 5 rings (SSSR count). The van der Waals surface area contributed by atoms with Crippen LogP contribution in [0.25, 0.3) is 17.1 Å². The summed E-state index contributed by atoms with van der Waals surface area (Å²) in [7, 11) is 0. The Bertz CT molecular complexity index is 1170. The molecule has 3 aromatic heterocycles. The predicted molar refractivity (Wildman–Crippen MR) is 114 cm³/mol. The first kappa shape index (κ1) is 18.6. The summed E-state index contributed by atoms with van der Waals surface area (Å²) < 4.78 is 2.04. The molecule has 150 valence electrons. The number of hydrogen-bond acceptors (Lipinski definition) is 6. The lowest BCUT2D eigenvalue weighted by molar-refractivity contribution is 0.242. The smallest absolute Gasteiger partial charge is 0.162 e. The Kier molecular flexibility index (Phi) is 4.80. The van der Waals surface area contributed by atoms with E-state index in [0.717, 1.165) is 48.7 Å². The van der Waals surface area contributed by atoms with E-state index in [2.05, 4.69) is 45.8 Å². The van der Waals surface area contributed by atoms with Crippen molar-refractivity contribution in [3.8, 4) is 17.1 Å². The van der Waals surface area contributed by atoms with Gasteiger partial charge in [-0.25, -0.2) is 24.6 Å². The molecule has 0 aliphatic carbocycles. The lowest BCUT2D eigenvalue weighted by Gasteiger charge is -2.28. The van der Waals surface area contributed by atoms with E-state index in [0.29, 0.717) is 5.82 Å². The number of fused-ring (bicyclic) bond motifs is 1. The minimum Gasteiger partial charge on any atom is -0.294 e. The highest BCUT2D eigenvalue weighted by Crippen LogP contribution is 2.24. The van der Waals surface area contributed by atoms with Crippen LogP contribution in [0.3, 0.4) is 0 Å². The number of rotatable bonds is 4. The molecule has 0 bridgehead atoms. The molecule has 0 atom stereocenters. The third-order valence-electron chi connectivity index (χ3n) is 5.66. The van der Waals surface area contributed by atoms with Gasteiger partial charge in [0.15, 0.2) is 5.82 Å². The van der Waals surface area contributed by atoms with Gasteiger partial charge in [-0.3, -0.25) is 4.90 Å². The molecule has 0 N–H and O–H groups in total. The van der Waals surface area contributed by atoms with E-state index in [-0.39, 0.29) is 0 Å². The Morgan fingerprint density at radius 1 is 1.00 bits per heavy atom. The highest BCUT2D eigenvalue weighted by Gasteiger charge is 2.22. The molecule has 0 amide bonds. The lowest BCUT2D eigenvalue weighted by Crippen LogP contribution is -2.31. The van der Waals surface area contributed by atoms with Gasteiger partial charge in [-0.15, -0.1) is 0 Å². The van der Waals surface area contributed by atoms with E-state index in [1.165, 1.54) is 23.1 Å². The van der Waals surface area contributed by atoms with Gasteiger partial charge in [0.1, 0.15) is 6.33 Å². The molecule has 1 aliphatic rings. The molecule has 0 spiro atoms. The van der Waals surface area contributed by atoms with Gasteiger partial charge in [-0.2, -0.15) is 5.10 Å². The molecule has 0 saturated heterocycles. The molecule has 30 heavy (non-hydrogen) atoms. The predicted octanol–water partition coefficient (Wildman–Crippen LogP) is 3.29. The molecular formula is C23H23N7. The first-order valence-electron chi connectivity index (χ1n) is 10.1. The van der Waals surface area contributed by atoms with Crippen LogP contribution in [0.5, 0.6) is 0 Å². The highest BCUT2D eigenvalue weighted by atomic mass is 15.3. The molecule has 0 unspecified atom stereocenters. The maximum Gasteiger partial charge on any atom is 0.162 e. The maximum atomic E-state index is 4.79. The number of hydrogen-bond donors (Lipinski definition) is 0. The summed E-state index contributed by atoms with van der Waals surface area (Å²) in [6.45, 7) is 6.92. The van der Waals surface area contributed by atoms with E-state index in [1.54, 1.807) is 12.4 Å². The number of para-hydroxylation sites is 1. The molecule has 0 radical (unpaired) electrons. The Morgan fingerprint density at radius 3 is 2.60 bits per heavy atom. The Balaban J connectivity index is 1.36. The van der Waals surface area contributed by atoms with E-state index < -0.39 is 0 Å². The van der Waals surface area contributed by atoms with Crippen LogP contribution >= 0.6 is 0 Å². The summed E-state index contributed by atoms with van der Waals surface area (Å²) in [5.41, 5.74) is 7.82. The van der Waals surface area contributed by atoms with Crippen molar-refractivity contribution in [1.29, 1.82) is 0 Å². The Labute approximate surface area is 175 Å². The first-order valence-corrected chi connectivity index (χ1v) is 10.1. The van der Waals surface area contributed by atoms with E-state index >= 15 is 0 Å². The number of aromatic nitrogens is 6. The largest absolute Gasteiger partial charge is 0.294 e. The average Bonchev–Trinajstić information content (AvgIpc) is 3.08. The molecule has 4 aromatic rings. The van der Waals surface area contributed by atoms with Crippen molar-refractivity contribution in [1.82, 2.24) is 34.6 Å². The monoisotopic (exact) mass is 397 g/mol. The second kappa shape index (κ2) is 7.76. The fraction of sp³-hybridized carbons (Fsp3) is 0.261. The van der Waals surface area contributed by atoms with Crippen LogP contribution in [0.4, 0.5) is 0 Å². The van der Waals surface area contributed by atoms with E-state index in [1.807, 2.05) is 29.1 Å². The zero-order valence-corrected chi connectivity index (χ0v) is 17.2. The van der Waals surface area contributed by atoms with Crippen molar-refractivity contribution in [2.75, 3.05) is 6.54 Å². The fourth-order valence-electron chi connectivity index (χ4n) is 4.01. The third-order valence-corrected chi connectivity index (χ3v) is 5.66. The SMILES string of the molecule is Cc1nn(-c2ccccc2)c(C)c1CN1CCc2nc(-c3cncnc3)ncc2C1. The van der Waals surface area contributed by atoms with Crippen LogP contribution < -0.4 is 0 Å². The summed E-state index contributed by atoms with van der Waals surface area (Å²) in [5, 5.41) is 4.79. The van der Waals surface area contributed by atoms with Gasteiger partial charge in [0.25, 0.3) is 0 Å². The molecule has 0 fully saturated rings. The zero-order chi connectivity index (χ0) is 20.5. The van der Waals surface area contributed by atoms with E-state index in [9.17, 15) is 0 Å². The standard InChI is InChI=1S/C23H23N7/c1-16-21(17(2)30(28-16)20-6-4-3-5-7-20)14-29-9-8-22-19(13-29)12-26-23(27-22)18-10-24-15-25-11-18/h3-7,10-12,15H,8-9,13-14H2,1-2H3. The van der Waals surface area contributed by atoms with Gasteiger partial charge in [-0.05, 0) is 26.0 Å².